The minimum Gasteiger partial charge on any atom is -0.380 e. The van der Waals surface area contributed by atoms with Crippen molar-refractivity contribution < 1.29 is 0 Å². The van der Waals surface area contributed by atoms with Crippen LogP contribution in [0.25, 0.3) is 0 Å². The minimum atomic E-state index is 0.594. The van der Waals surface area contributed by atoms with Gasteiger partial charge in [-0.05, 0) is 53.3 Å². The van der Waals surface area contributed by atoms with Gasteiger partial charge in [0.25, 0.3) is 0 Å². The average Bonchev–Trinajstić information content (AvgIpc) is 2.63. The SMILES string of the molecule is Cc1cc(I)ccc1NCc1cnc(Cl)s1. The van der Waals surface area contributed by atoms with Gasteiger partial charge in [0.1, 0.15) is 0 Å². The lowest BCUT2D eigenvalue weighted by molar-refractivity contribution is 1.16. The fourth-order valence-electron chi connectivity index (χ4n) is 1.37. The van der Waals surface area contributed by atoms with Crippen molar-refractivity contribution in [2.45, 2.75) is 13.5 Å². The number of hydrogen-bond donors (Lipinski definition) is 1. The lowest BCUT2D eigenvalue weighted by Gasteiger charge is -2.08. The van der Waals surface area contributed by atoms with E-state index >= 15 is 0 Å². The third-order valence-corrected chi connectivity index (χ3v) is 3.95. The summed E-state index contributed by atoms with van der Waals surface area (Å²) in [5.74, 6) is 0. The summed E-state index contributed by atoms with van der Waals surface area (Å²) in [6.45, 7) is 2.87. The number of hydrogen-bond acceptors (Lipinski definition) is 3. The molecular formula is C11H10ClIN2S. The van der Waals surface area contributed by atoms with E-state index in [0.29, 0.717) is 4.47 Å². The summed E-state index contributed by atoms with van der Waals surface area (Å²) in [5, 5.41) is 3.38. The van der Waals surface area contributed by atoms with Gasteiger partial charge in [-0.1, -0.05) is 11.6 Å². The Labute approximate surface area is 117 Å². The summed E-state index contributed by atoms with van der Waals surface area (Å²) in [7, 11) is 0. The molecule has 84 valence electrons. The molecule has 0 radical (unpaired) electrons. The van der Waals surface area contributed by atoms with E-state index in [9.17, 15) is 0 Å². The van der Waals surface area contributed by atoms with Crippen molar-refractivity contribution in [1.82, 2.24) is 4.98 Å². The van der Waals surface area contributed by atoms with E-state index in [1.165, 1.54) is 20.5 Å². The van der Waals surface area contributed by atoms with Crippen molar-refractivity contribution in [2.24, 2.45) is 0 Å². The number of nitrogens with one attached hydrogen (secondary N) is 1. The number of aryl methyl sites for hydroxylation is 1. The van der Waals surface area contributed by atoms with Gasteiger partial charge in [0.05, 0.1) is 6.54 Å². The van der Waals surface area contributed by atoms with Crippen LogP contribution in [0.5, 0.6) is 0 Å². The Morgan fingerprint density at radius 1 is 1.50 bits per heavy atom. The molecule has 2 aromatic rings. The van der Waals surface area contributed by atoms with Gasteiger partial charge in [0, 0.05) is 20.3 Å². The van der Waals surface area contributed by atoms with Gasteiger partial charge < -0.3 is 5.32 Å². The summed E-state index contributed by atoms with van der Waals surface area (Å²) < 4.78 is 1.85. The predicted molar refractivity (Wildman–Crippen MR) is 78.3 cm³/mol. The Morgan fingerprint density at radius 2 is 2.31 bits per heavy atom. The van der Waals surface area contributed by atoms with Gasteiger partial charge in [-0.3, -0.25) is 0 Å². The summed E-state index contributed by atoms with van der Waals surface area (Å²) in [6, 6.07) is 6.35. The highest BCUT2D eigenvalue weighted by atomic mass is 127. The molecule has 0 aliphatic rings. The molecule has 2 rings (SSSR count). The molecule has 16 heavy (non-hydrogen) atoms. The topological polar surface area (TPSA) is 24.9 Å². The van der Waals surface area contributed by atoms with Gasteiger partial charge in [0.15, 0.2) is 4.47 Å². The van der Waals surface area contributed by atoms with E-state index in [1.807, 2.05) is 6.20 Å². The molecule has 1 aromatic heterocycles. The van der Waals surface area contributed by atoms with Crippen LogP contribution in [0.4, 0.5) is 5.69 Å². The monoisotopic (exact) mass is 364 g/mol. The van der Waals surface area contributed by atoms with Crippen molar-refractivity contribution in [3.8, 4) is 0 Å². The second-order valence-corrected chi connectivity index (χ2v) is 6.34. The maximum atomic E-state index is 5.77. The van der Waals surface area contributed by atoms with Crippen LogP contribution < -0.4 is 5.32 Å². The molecule has 2 nitrogen and oxygen atoms in total. The standard InChI is InChI=1S/C11H10ClIN2S/c1-7-4-8(13)2-3-10(7)14-5-9-6-15-11(12)16-9/h2-4,6,14H,5H2,1H3. The van der Waals surface area contributed by atoms with E-state index in [4.69, 9.17) is 11.6 Å². The Balaban J connectivity index is 2.04. The zero-order valence-electron chi connectivity index (χ0n) is 8.63. The predicted octanol–water partition coefficient (Wildman–Crippen LogP) is 4.32. The van der Waals surface area contributed by atoms with Crippen LogP contribution in [0.3, 0.4) is 0 Å². The van der Waals surface area contributed by atoms with Crippen molar-refractivity contribution >= 4 is 51.2 Å². The van der Waals surface area contributed by atoms with Crippen molar-refractivity contribution in [3.63, 3.8) is 0 Å². The molecule has 0 fully saturated rings. The van der Waals surface area contributed by atoms with Gasteiger partial charge >= 0.3 is 0 Å². The van der Waals surface area contributed by atoms with Crippen LogP contribution in [0.15, 0.2) is 24.4 Å². The van der Waals surface area contributed by atoms with Crippen LogP contribution in [0.2, 0.25) is 4.47 Å². The molecule has 0 atom stereocenters. The van der Waals surface area contributed by atoms with E-state index in [2.05, 4.69) is 58.0 Å². The third-order valence-electron chi connectivity index (χ3n) is 2.17. The van der Waals surface area contributed by atoms with Gasteiger partial charge in [-0.15, -0.1) is 11.3 Å². The molecule has 0 aliphatic heterocycles. The normalized spacial score (nSPS) is 10.4. The molecule has 0 unspecified atom stereocenters. The molecule has 1 aromatic carbocycles. The number of aromatic nitrogens is 1. The van der Waals surface area contributed by atoms with Crippen LogP contribution in [0.1, 0.15) is 10.4 Å². The maximum Gasteiger partial charge on any atom is 0.183 e. The quantitative estimate of drug-likeness (QED) is 0.820. The van der Waals surface area contributed by atoms with E-state index in [-0.39, 0.29) is 0 Å². The molecule has 0 bridgehead atoms. The number of benzene rings is 1. The van der Waals surface area contributed by atoms with Crippen LogP contribution in [0, 0.1) is 10.5 Å². The first-order valence-corrected chi connectivity index (χ1v) is 7.03. The Bertz CT molecular complexity index is 498. The van der Waals surface area contributed by atoms with Crippen molar-refractivity contribution in [2.75, 3.05) is 5.32 Å². The van der Waals surface area contributed by atoms with Crippen LogP contribution in [-0.4, -0.2) is 4.98 Å². The lowest BCUT2D eigenvalue weighted by atomic mass is 10.2. The highest BCUT2D eigenvalue weighted by Gasteiger charge is 2.01. The molecule has 0 amide bonds. The van der Waals surface area contributed by atoms with E-state index in [1.54, 1.807) is 0 Å². The second-order valence-electron chi connectivity index (χ2n) is 3.39. The Hall–Kier alpha value is -0.330. The summed E-state index contributed by atoms with van der Waals surface area (Å²) in [6.07, 6.45) is 1.81. The fraction of sp³-hybridized carbons (Fsp3) is 0.182. The number of halogens is 2. The highest BCUT2D eigenvalue weighted by Crippen LogP contribution is 2.21. The first-order chi connectivity index (χ1) is 7.65. The van der Waals surface area contributed by atoms with Gasteiger partial charge in [-0.2, -0.15) is 0 Å². The molecule has 1 heterocycles. The molecule has 0 saturated heterocycles. The molecular weight excluding hydrogens is 355 g/mol. The first kappa shape index (κ1) is 12.1. The summed E-state index contributed by atoms with van der Waals surface area (Å²) in [5.41, 5.74) is 2.41. The average molecular weight is 365 g/mol. The first-order valence-electron chi connectivity index (χ1n) is 4.75. The molecule has 0 spiro atoms. The zero-order valence-corrected chi connectivity index (χ0v) is 12.4. The van der Waals surface area contributed by atoms with E-state index in [0.717, 1.165) is 17.1 Å². The number of nitrogens with zero attached hydrogens (tertiary/aromatic N) is 1. The van der Waals surface area contributed by atoms with Crippen LogP contribution in [-0.2, 0) is 6.54 Å². The smallest absolute Gasteiger partial charge is 0.183 e. The fourth-order valence-corrected chi connectivity index (χ4v) is 2.94. The minimum absolute atomic E-state index is 0.594. The van der Waals surface area contributed by atoms with Gasteiger partial charge in [0.2, 0.25) is 0 Å². The number of anilines is 1. The molecule has 5 heteroatoms. The zero-order chi connectivity index (χ0) is 11.5. The number of rotatable bonds is 3. The Kier molecular flexibility index (Phi) is 4.05. The maximum absolute atomic E-state index is 5.77. The summed E-state index contributed by atoms with van der Waals surface area (Å²) >= 11 is 9.59. The van der Waals surface area contributed by atoms with Crippen molar-refractivity contribution in [3.05, 3.63) is 42.9 Å². The number of thiazole rings is 1. The van der Waals surface area contributed by atoms with Crippen molar-refractivity contribution in [1.29, 1.82) is 0 Å². The molecule has 1 N–H and O–H groups in total. The molecule has 0 aliphatic carbocycles. The van der Waals surface area contributed by atoms with Crippen LogP contribution >= 0.6 is 45.5 Å². The second kappa shape index (κ2) is 5.33. The highest BCUT2D eigenvalue weighted by molar-refractivity contribution is 14.1. The largest absolute Gasteiger partial charge is 0.380 e. The Morgan fingerprint density at radius 3 is 2.94 bits per heavy atom. The van der Waals surface area contributed by atoms with E-state index < -0.39 is 0 Å². The lowest BCUT2D eigenvalue weighted by Crippen LogP contribution is -1.99. The third kappa shape index (κ3) is 3.09. The summed E-state index contributed by atoms with van der Waals surface area (Å²) in [4.78, 5) is 5.15. The molecule has 0 saturated carbocycles. The van der Waals surface area contributed by atoms with Gasteiger partial charge in [-0.25, -0.2) is 4.98 Å².